The molecule has 0 N–H and O–H groups in total. The van der Waals surface area contributed by atoms with E-state index in [1.165, 1.54) is 20.9 Å². The van der Waals surface area contributed by atoms with Gasteiger partial charge in [-0.05, 0) is 42.5 Å². The van der Waals surface area contributed by atoms with Crippen LogP contribution < -0.4 is 0 Å². The fourth-order valence-corrected chi connectivity index (χ4v) is 5.54. The Balaban J connectivity index is 1.56. The largest absolute Gasteiger partial charge is 0.335 e. The van der Waals surface area contributed by atoms with Crippen molar-refractivity contribution in [2.24, 2.45) is 0 Å². The number of fused-ring (bicyclic) bond motifs is 3. The van der Waals surface area contributed by atoms with E-state index in [4.69, 9.17) is 0 Å². The van der Waals surface area contributed by atoms with Gasteiger partial charge in [0.05, 0.1) is 4.88 Å². The average Bonchev–Trinajstić information content (AvgIpc) is 3.19. The van der Waals surface area contributed by atoms with Crippen LogP contribution in [0.2, 0.25) is 0 Å². The zero-order chi connectivity index (χ0) is 15.1. The summed E-state index contributed by atoms with van der Waals surface area (Å²) in [5.74, 6) is 0.229. The molecule has 1 aliphatic heterocycles. The van der Waals surface area contributed by atoms with Crippen molar-refractivity contribution in [3.05, 3.63) is 32.8 Å². The second kappa shape index (κ2) is 5.80. The first-order valence-electron chi connectivity index (χ1n) is 7.97. The first kappa shape index (κ1) is 14.4. The van der Waals surface area contributed by atoms with Crippen molar-refractivity contribution < 1.29 is 4.79 Å². The fourth-order valence-electron chi connectivity index (χ4n) is 3.36. The molecule has 1 saturated heterocycles. The molecule has 3 nitrogen and oxygen atoms in total. The molecule has 0 bridgehead atoms. The molecule has 1 aliphatic carbocycles. The number of carbonyl (C=O) groups is 1. The van der Waals surface area contributed by atoms with Crippen LogP contribution in [0.4, 0.5) is 0 Å². The highest BCUT2D eigenvalue weighted by atomic mass is 32.1. The number of hydrogen-bond acceptors (Lipinski definition) is 4. The summed E-state index contributed by atoms with van der Waals surface area (Å²) in [7, 11) is 0. The minimum Gasteiger partial charge on any atom is -0.335 e. The van der Waals surface area contributed by atoms with Crippen molar-refractivity contribution in [3.8, 4) is 10.4 Å². The molecule has 0 saturated carbocycles. The van der Waals surface area contributed by atoms with Crippen molar-refractivity contribution in [3.63, 3.8) is 0 Å². The maximum Gasteiger partial charge on any atom is 0.264 e. The highest BCUT2D eigenvalue weighted by molar-refractivity contribution is 7.18. The van der Waals surface area contributed by atoms with Crippen molar-refractivity contribution in [2.75, 3.05) is 32.7 Å². The van der Waals surface area contributed by atoms with Gasteiger partial charge in [-0.25, -0.2) is 0 Å². The molecule has 1 amide bonds. The van der Waals surface area contributed by atoms with Crippen LogP contribution in [0.3, 0.4) is 0 Å². The second-order valence-electron chi connectivity index (χ2n) is 5.95. The monoisotopic (exact) mass is 332 g/mol. The Morgan fingerprint density at radius 2 is 2.05 bits per heavy atom. The number of hydrogen-bond donors (Lipinski definition) is 0. The summed E-state index contributed by atoms with van der Waals surface area (Å²) in [4.78, 5) is 20.9. The van der Waals surface area contributed by atoms with E-state index < -0.39 is 0 Å². The standard InChI is InChI=1S/C17H20N2OS2/c1-2-18-6-8-19(9-7-18)17(20)15-11-12-3-4-14-13(5-10-21-14)16(12)22-15/h5,10-11H,2-4,6-9H2,1H3. The average molecular weight is 332 g/mol. The summed E-state index contributed by atoms with van der Waals surface area (Å²) in [6.07, 6.45) is 2.20. The molecule has 0 atom stereocenters. The molecule has 5 heteroatoms. The summed E-state index contributed by atoms with van der Waals surface area (Å²) in [5, 5.41) is 2.17. The zero-order valence-corrected chi connectivity index (χ0v) is 14.4. The third-order valence-corrected chi connectivity index (χ3v) is 6.92. The van der Waals surface area contributed by atoms with Gasteiger partial charge in [0, 0.05) is 41.5 Å². The summed E-state index contributed by atoms with van der Waals surface area (Å²) in [6.45, 7) is 6.99. The maximum absolute atomic E-state index is 12.8. The molecule has 2 aromatic heterocycles. The summed E-state index contributed by atoms with van der Waals surface area (Å²) in [5.41, 5.74) is 2.73. The summed E-state index contributed by atoms with van der Waals surface area (Å²) in [6, 6.07) is 4.36. The van der Waals surface area contributed by atoms with Crippen LogP contribution in [0.25, 0.3) is 10.4 Å². The predicted octanol–water partition coefficient (Wildman–Crippen LogP) is 3.35. The molecular weight excluding hydrogens is 312 g/mol. The number of carbonyl (C=O) groups excluding carboxylic acids is 1. The Labute approximate surface area is 139 Å². The van der Waals surface area contributed by atoms with Crippen LogP contribution in [0, 0.1) is 0 Å². The Hall–Kier alpha value is -1.17. The summed E-state index contributed by atoms with van der Waals surface area (Å²) >= 11 is 3.54. The molecule has 1 fully saturated rings. The summed E-state index contributed by atoms with van der Waals surface area (Å²) < 4.78 is 0. The molecule has 116 valence electrons. The topological polar surface area (TPSA) is 23.6 Å². The number of piperazine rings is 1. The molecule has 0 spiro atoms. The van der Waals surface area contributed by atoms with E-state index in [1.807, 2.05) is 16.2 Å². The highest BCUT2D eigenvalue weighted by Gasteiger charge is 2.26. The molecule has 4 rings (SSSR count). The Morgan fingerprint density at radius 1 is 1.23 bits per heavy atom. The lowest BCUT2D eigenvalue weighted by molar-refractivity contribution is 0.0648. The zero-order valence-electron chi connectivity index (χ0n) is 12.8. The van der Waals surface area contributed by atoms with Gasteiger partial charge >= 0.3 is 0 Å². The van der Waals surface area contributed by atoms with E-state index in [0.29, 0.717) is 0 Å². The van der Waals surface area contributed by atoms with Crippen molar-refractivity contribution in [2.45, 2.75) is 19.8 Å². The van der Waals surface area contributed by atoms with Crippen molar-refractivity contribution in [1.29, 1.82) is 0 Å². The molecule has 0 aromatic carbocycles. The Morgan fingerprint density at radius 3 is 2.82 bits per heavy atom. The molecule has 2 aliphatic rings. The lowest BCUT2D eigenvalue weighted by atomic mass is 9.98. The minimum absolute atomic E-state index is 0.229. The fraction of sp³-hybridized carbons (Fsp3) is 0.471. The van der Waals surface area contributed by atoms with Crippen molar-refractivity contribution >= 4 is 28.6 Å². The minimum atomic E-state index is 0.229. The van der Waals surface area contributed by atoms with Gasteiger partial charge in [0.1, 0.15) is 0 Å². The lowest BCUT2D eigenvalue weighted by Gasteiger charge is -2.33. The molecular formula is C17H20N2OS2. The Bertz CT molecular complexity index is 695. The smallest absolute Gasteiger partial charge is 0.264 e. The number of rotatable bonds is 2. The van der Waals surface area contributed by atoms with Gasteiger partial charge in [0.2, 0.25) is 0 Å². The van der Waals surface area contributed by atoms with Crippen LogP contribution in [0.5, 0.6) is 0 Å². The molecule has 0 radical (unpaired) electrons. The SMILES string of the molecule is CCN1CCN(C(=O)c2cc3c(s2)-c2ccsc2CC3)CC1. The van der Waals surface area contributed by atoms with E-state index in [1.54, 1.807) is 11.3 Å². The first-order valence-corrected chi connectivity index (χ1v) is 9.67. The number of nitrogens with zero attached hydrogens (tertiary/aromatic N) is 2. The quantitative estimate of drug-likeness (QED) is 0.842. The normalized spacial score (nSPS) is 18.1. The molecule has 3 heterocycles. The molecule has 22 heavy (non-hydrogen) atoms. The van der Waals surface area contributed by atoms with E-state index in [2.05, 4.69) is 29.3 Å². The van der Waals surface area contributed by atoms with Gasteiger partial charge in [0.25, 0.3) is 5.91 Å². The van der Waals surface area contributed by atoms with E-state index in [9.17, 15) is 4.79 Å². The predicted molar refractivity (Wildman–Crippen MR) is 93.1 cm³/mol. The number of thiophene rings is 2. The maximum atomic E-state index is 12.8. The van der Waals surface area contributed by atoms with E-state index in [0.717, 1.165) is 50.4 Å². The number of amides is 1. The lowest BCUT2D eigenvalue weighted by Crippen LogP contribution is -2.48. The van der Waals surface area contributed by atoms with E-state index >= 15 is 0 Å². The number of likely N-dealkylation sites (N-methyl/N-ethyl adjacent to an activating group) is 1. The van der Waals surface area contributed by atoms with Gasteiger partial charge in [0.15, 0.2) is 0 Å². The van der Waals surface area contributed by atoms with E-state index in [-0.39, 0.29) is 5.91 Å². The highest BCUT2D eigenvalue weighted by Crippen LogP contribution is 2.42. The van der Waals surface area contributed by atoms with Gasteiger partial charge in [-0.2, -0.15) is 0 Å². The van der Waals surface area contributed by atoms with Gasteiger partial charge in [-0.15, -0.1) is 22.7 Å². The first-order chi connectivity index (χ1) is 10.8. The second-order valence-corrected chi connectivity index (χ2v) is 8.00. The molecule has 2 aromatic rings. The van der Waals surface area contributed by atoms with Crippen molar-refractivity contribution in [1.82, 2.24) is 9.80 Å². The third kappa shape index (κ3) is 2.41. The van der Waals surface area contributed by atoms with Gasteiger partial charge in [-0.1, -0.05) is 6.92 Å². The van der Waals surface area contributed by atoms with Crippen LogP contribution in [-0.4, -0.2) is 48.4 Å². The van der Waals surface area contributed by atoms with Gasteiger partial charge in [-0.3, -0.25) is 4.79 Å². The van der Waals surface area contributed by atoms with Crippen LogP contribution in [-0.2, 0) is 12.8 Å². The third-order valence-electron chi connectivity index (χ3n) is 4.74. The Kier molecular flexibility index (Phi) is 3.80. The van der Waals surface area contributed by atoms with Crippen LogP contribution >= 0.6 is 22.7 Å². The van der Waals surface area contributed by atoms with Gasteiger partial charge < -0.3 is 9.80 Å². The van der Waals surface area contributed by atoms with Crippen LogP contribution in [0.15, 0.2) is 17.5 Å². The molecule has 0 unspecified atom stereocenters. The van der Waals surface area contributed by atoms with Crippen LogP contribution in [0.1, 0.15) is 27.0 Å². The number of aryl methyl sites for hydroxylation is 2.